The molecule has 0 unspecified atom stereocenters. The smallest absolute Gasteiger partial charge is 0.130 e. The fourth-order valence-corrected chi connectivity index (χ4v) is 2.30. The van der Waals surface area contributed by atoms with E-state index in [1.54, 1.807) is 17.1 Å². The van der Waals surface area contributed by atoms with Gasteiger partial charge in [0.1, 0.15) is 11.4 Å². The molecule has 0 saturated carbocycles. The van der Waals surface area contributed by atoms with Gasteiger partial charge in [0, 0.05) is 19.4 Å². The van der Waals surface area contributed by atoms with Crippen LogP contribution >= 0.6 is 11.6 Å². The first-order chi connectivity index (χ1) is 9.27. The number of rotatable bonds is 2. The highest BCUT2D eigenvalue weighted by atomic mass is 35.5. The van der Waals surface area contributed by atoms with Crippen molar-refractivity contribution < 1.29 is 0 Å². The van der Waals surface area contributed by atoms with Gasteiger partial charge in [0.05, 0.1) is 16.4 Å². The summed E-state index contributed by atoms with van der Waals surface area (Å²) in [5.74, 6) is 0. The number of halogens is 1. The number of hydrogen-bond donors (Lipinski definition) is 0. The Labute approximate surface area is 115 Å². The molecule has 3 aromatic rings. The molecule has 0 aliphatic carbocycles. The maximum absolute atomic E-state index is 6.44. The highest BCUT2D eigenvalue weighted by molar-refractivity contribution is 6.35. The third kappa shape index (κ3) is 2.11. The lowest BCUT2D eigenvalue weighted by molar-refractivity contribution is 0.775. The molecule has 0 amide bonds. The molecule has 0 atom stereocenters. The van der Waals surface area contributed by atoms with Crippen LogP contribution < -0.4 is 0 Å². The van der Waals surface area contributed by atoms with E-state index in [1.807, 2.05) is 43.4 Å². The van der Waals surface area contributed by atoms with Gasteiger partial charge in [-0.1, -0.05) is 23.7 Å². The van der Waals surface area contributed by atoms with E-state index in [1.165, 1.54) is 0 Å². The Hall–Kier alpha value is -2.20. The Morgan fingerprint density at radius 2 is 1.58 bits per heavy atom. The molecule has 0 N–H and O–H groups in total. The predicted molar refractivity (Wildman–Crippen MR) is 74.7 cm³/mol. The summed E-state index contributed by atoms with van der Waals surface area (Å²) in [6, 6.07) is 11.4. The van der Waals surface area contributed by atoms with E-state index in [0.717, 1.165) is 17.1 Å². The molecule has 0 aromatic carbocycles. The summed E-state index contributed by atoms with van der Waals surface area (Å²) in [6.45, 7) is 0. The molecule has 0 radical (unpaired) electrons. The topological polar surface area (TPSA) is 43.6 Å². The molecule has 4 nitrogen and oxygen atoms in total. The zero-order valence-electron chi connectivity index (χ0n) is 10.3. The highest BCUT2D eigenvalue weighted by Gasteiger charge is 2.18. The average molecular weight is 271 g/mol. The molecule has 0 aliphatic rings. The normalized spacial score (nSPS) is 10.6. The summed E-state index contributed by atoms with van der Waals surface area (Å²) < 4.78 is 1.73. The summed E-state index contributed by atoms with van der Waals surface area (Å²) >= 11 is 6.44. The maximum atomic E-state index is 6.44. The van der Waals surface area contributed by atoms with Crippen LogP contribution in [0.2, 0.25) is 5.02 Å². The molecule has 3 rings (SSSR count). The monoisotopic (exact) mass is 270 g/mol. The van der Waals surface area contributed by atoms with Gasteiger partial charge in [0.15, 0.2) is 0 Å². The van der Waals surface area contributed by atoms with Crippen molar-refractivity contribution >= 4 is 11.6 Å². The Morgan fingerprint density at radius 1 is 0.947 bits per heavy atom. The minimum absolute atomic E-state index is 0.569. The molecule has 94 valence electrons. The molecule has 19 heavy (non-hydrogen) atoms. The molecule has 0 fully saturated rings. The largest absolute Gasteiger partial charge is 0.264 e. The van der Waals surface area contributed by atoms with Crippen LogP contribution in [0.5, 0.6) is 0 Å². The number of pyridine rings is 2. The zero-order valence-corrected chi connectivity index (χ0v) is 11.0. The first-order valence-electron chi connectivity index (χ1n) is 5.82. The van der Waals surface area contributed by atoms with E-state index in [9.17, 15) is 0 Å². The van der Waals surface area contributed by atoms with Crippen LogP contribution in [0.3, 0.4) is 0 Å². The predicted octanol–water partition coefficient (Wildman–Crippen LogP) is 3.20. The van der Waals surface area contributed by atoms with Crippen LogP contribution in [0.15, 0.2) is 48.8 Å². The zero-order chi connectivity index (χ0) is 13.2. The lowest BCUT2D eigenvalue weighted by Gasteiger charge is -2.00. The van der Waals surface area contributed by atoms with Crippen LogP contribution in [-0.2, 0) is 7.05 Å². The third-order valence-electron chi connectivity index (χ3n) is 2.80. The van der Waals surface area contributed by atoms with E-state index in [4.69, 9.17) is 11.6 Å². The highest BCUT2D eigenvalue weighted by Crippen LogP contribution is 2.33. The Kier molecular flexibility index (Phi) is 3.01. The number of nitrogens with zero attached hydrogens (tertiary/aromatic N) is 4. The Morgan fingerprint density at radius 3 is 2.16 bits per heavy atom. The van der Waals surface area contributed by atoms with Gasteiger partial charge >= 0.3 is 0 Å². The van der Waals surface area contributed by atoms with E-state index in [0.29, 0.717) is 10.7 Å². The first-order valence-corrected chi connectivity index (χ1v) is 6.20. The summed E-state index contributed by atoms with van der Waals surface area (Å²) in [5, 5.41) is 5.01. The van der Waals surface area contributed by atoms with Crippen molar-refractivity contribution in [3.8, 4) is 22.8 Å². The third-order valence-corrected chi connectivity index (χ3v) is 3.16. The van der Waals surface area contributed by atoms with Crippen molar-refractivity contribution in [3.05, 3.63) is 53.8 Å². The van der Waals surface area contributed by atoms with Gasteiger partial charge < -0.3 is 0 Å². The molecule has 0 saturated heterocycles. The van der Waals surface area contributed by atoms with Crippen LogP contribution in [-0.4, -0.2) is 19.7 Å². The number of aryl methyl sites for hydroxylation is 1. The van der Waals surface area contributed by atoms with Crippen molar-refractivity contribution in [1.82, 2.24) is 19.7 Å². The van der Waals surface area contributed by atoms with Gasteiger partial charge in [-0.2, -0.15) is 5.10 Å². The van der Waals surface area contributed by atoms with Crippen LogP contribution in [0.4, 0.5) is 0 Å². The van der Waals surface area contributed by atoms with Gasteiger partial charge in [-0.15, -0.1) is 0 Å². The van der Waals surface area contributed by atoms with Crippen LogP contribution in [0.25, 0.3) is 22.8 Å². The van der Waals surface area contributed by atoms with Gasteiger partial charge in [-0.3, -0.25) is 14.6 Å². The second-order valence-electron chi connectivity index (χ2n) is 4.06. The average Bonchev–Trinajstić information content (AvgIpc) is 2.76. The van der Waals surface area contributed by atoms with Gasteiger partial charge in [0.25, 0.3) is 0 Å². The lowest BCUT2D eigenvalue weighted by atomic mass is 10.2. The van der Waals surface area contributed by atoms with Crippen molar-refractivity contribution in [2.45, 2.75) is 0 Å². The molecule has 3 aromatic heterocycles. The first kappa shape index (κ1) is 11.9. The summed E-state index contributed by atoms with van der Waals surface area (Å²) in [4.78, 5) is 8.59. The molecular weight excluding hydrogens is 260 g/mol. The standard InChI is InChI=1S/C14H11ClN4/c1-19-14(11-7-3-5-9-17-11)12(15)13(18-19)10-6-2-4-8-16-10/h2-9H,1H3. The molecule has 5 heteroatoms. The summed E-state index contributed by atoms with van der Waals surface area (Å²) in [6.07, 6.45) is 3.46. The quantitative estimate of drug-likeness (QED) is 0.718. The second-order valence-corrected chi connectivity index (χ2v) is 4.44. The molecule has 0 bridgehead atoms. The van der Waals surface area contributed by atoms with E-state index < -0.39 is 0 Å². The molecule has 0 aliphatic heterocycles. The van der Waals surface area contributed by atoms with Gasteiger partial charge in [-0.05, 0) is 24.3 Å². The van der Waals surface area contributed by atoms with Crippen LogP contribution in [0.1, 0.15) is 0 Å². The Bertz CT molecular complexity index is 692. The minimum Gasteiger partial charge on any atom is -0.264 e. The summed E-state index contributed by atoms with van der Waals surface area (Å²) in [5.41, 5.74) is 3.02. The Balaban J connectivity index is 2.17. The van der Waals surface area contributed by atoms with Gasteiger partial charge in [-0.25, -0.2) is 0 Å². The summed E-state index contributed by atoms with van der Waals surface area (Å²) in [7, 11) is 1.85. The van der Waals surface area contributed by atoms with E-state index >= 15 is 0 Å². The van der Waals surface area contributed by atoms with E-state index in [-0.39, 0.29) is 0 Å². The lowest BCUT2D eigenvalue weighted by Crippen LogP contribution is -1.95. The molecule has 3 heterocycles. The SMILES string of the molecule is Cn1nc(-c2ccccn2)c(Cl)c1-c1ccccn1. The van der Waals surface area contributed by atoms with Crippen molar-refractivity contribution in [1.29, 1.82) is 0 Å². The minimum atomic E-state index is 0.569. The molecule has 0 spiro atoms. The van der Waals surface area contributed by atoms with Crippen molar-refractivity contribution in [2.24, 2.45) is 7.05 Å². The number of hydrogen-bond acceptors (Lipinski definition) is 3. The molecular formula is C14H11ClN4. The fourth-order valence-electron chi connectivity index (χ4n) is 1.95. The second kappa shape index (κ2) is 4.82. The van der Waals surface area contributed by atoms with Gasteiger partial charge in [0.2, 0.25) is 0 Å². The maximum Gasteiger partial charge on any atom is 0.130 e. The van der Waals surface area contributed by atoms with Crippen LogP contribution in [0, 0.1) is 0 Å². The van der Waals surface area contributed by atoms with Crippen molar-refractivity contribution in [2.75, 3.05) is 0 Å². The fraction of sp³-hybridized carbons (Fsp3) is 0.0714. The van der Waals surface area contributed by atoms with Crippen molar-refractivity contribution in [3.63, 3.8) is 0 Å². The number of aromatic nitrogens is 4. The van der Waals surface area contributed by atoms with E-state index in [2.05, 4.69) is 15.1 Å².